The Bertz CT molecular complexity index is 756. The first-order valence-corrected chi connectivity index (χ1v) is 7.86. The molecular weight excluding hydrogens is 384 g/mol. The molecule has 2 heterocycles. The van der Waals surface area contributed by atoms with Crippen LogP contribution in [0.5, 0.6) is 5.88 Å². The maximum Gasteiger partial charge on any atom is 0.350 e. The molecule has 0 fully saturated rings. The van der Waals surface area contributed by atoms with Crippen molar-refractivity contribution in [2.45, 2.75) is 26.6 Å². The summed E-state index contributed by atoms with van der Waals surface area (Å²) in [6, 6.07) is 0. The van der Waals surface area contributed by atoms with E-state index in [0.717, 1.165) is 16.7 Å². The van der Waals surface area contributed by atoms with E-state index in [2.05, 4.69) is 26.1 Å². The fourth-order valence-electron chi connectivity index (χ4n) is 2.02. The van der Waals surface area contributed by atoms with Gasteiger partial charge in [-0.1, -0.05) is 0 Å². The summed E-state index contributed by atoms with van der Waals surface area (Å²) in [5.74, 6) is -0.382. The Labute approximate surface area is 146 Å². The van der Waals surface area contributed by atoms with E-state index in [9.17, 15) is 14.9 Å². The monoisotopic (exact) mass is 400 g/mol. The van der Waals surface area contributed by atoms with E-state index in [4.69, 9.17) is 4.74 Å². The van der Waals surface area contributed by atoms with Crippen LogP contribution >= 0.6 is 15.9 Å². The zero-order valence-electron chi connectivity index (χ0n) is 13.5. The number of halogens is 1. The third-order valence-corrected chi connectivity index (χ3v) is 3.98. The van der Waals surface area contributed by atoms with Crippen LogP contribution in [-0.2, 0) is 24.4 Å². The minimum atomic E-state index is -0.606. The second kappa shape index (κ2) is 7.43. The lowest BCUT2D eigenvalue weighted by Gasteiger charge is -2.16. The molecule has 0 spiro atoms. The molecule has 0 radical (unpaired) electrons. The first-order valence-electron chi connectivity index (χ1n) is 7.07. The highest BCUT2D eigenvalue weighted by Gasteiger charge is 2.22. The molecule has 0 aliphatic rings. The van der Waals surface area contributed by atoms with Gasteiger partial charge in [-0.25, -0.2) is 0 Å². The number of methoxy groups -OCH3 is 1. The van der Waals surface area contributed by atoms with Crippen molar-refractivity contribution >= 4 is 27.5 Å². The fraction of sp³-hybridized carbons (Fsp3) is 0.462. The largest absolute Gasteiger partial charge is 0.475 e. The lowest BCUT2D eigenvalue weighted by molar-refractivity contribution is -0.385. The normalized spacial score (nSPS) is 10.7. The second-order valence-electron chi connectivity index (χ2n) is 5.01. The Morgan fingerprint density at radius 2 is 2.12 bits per heavy atom. The van der Waals surface area contributed by atoms with Crippen LogP contribution in [0.4, 0.5) is 5.69 Å². The lowest BCUT2D eigenvalue weighted by atomic mass is 10.4. The maximum atomic E-state index is 12.3. The van der Waals surface area contributed by atoms with Crippen molar-refractivity contribution in [3.05, 3.63) is 32.7 Å². The number of hydrogen-bond acceptors (Lipinski definition) is 6. The minimum Gasteiger partial charge on any atom is -0.475 e. The molecule has 0 aromatic carbocycles. The predicted molar refractivity (Wildman–Crippen MR) is 87.5 cm³/mol. The quantitative estimate of drug-likeness (QED) is 0.513. The molecule has 2 rings (SSSR count). The predicted octanol–water partition coefficient (Wildman–Crippen LogP) is 1.44. The fourth-order valence-corrected chi connectivity index (χ4v) is 2.46. The molecule has 0 bridgehead atoms. The highest BCUT2D eigenvalue weighted by atomic mass is 79.9. The van der Waals surface area contributed by atoms with Gasteiger partial charge in [0.05, 0.1) is 28.7 Å². The molecule has 1 amide bonds. The molecule has 130 valence electrons. The summed E-state index contributed by atoms with van der Waals surface area (Å²) in [6.45, 7) is 2.88. The molecule has 0 unspecified atom stereocenters. The van der Waals surface area contributed by atoms with E-state index in [1.807, 2.05) is 13.1 Å². The van der Waals surface area contributed by atoms with Gasteiger partial charge in [0.15, 0.2) is 0 Å². The van der Waals surface area contributed by atoms with E-state index >= 15 is 0 Å². The van der Waals surface area contributed by atoms with Gasteiger partial charge in [0.1, 0.15) is 12.7 Å². The number of nitrogens with zero attached hydrogens (tertiary/aromatic N) is 6. The van der Waals surface area contributed by atoms with Gasteiger partial charge < -0.3 is 9.64 Å². The summed E-state index contributed by atoms with van der Waals surface area (Å²) in [5.41, 5.74) is 0.453. The summed E-state index contributed by atoms with van der Waals surface area (Å²) in [4.78, 5) is 24.0. The van der Waals surface area contributed by atoms with Crippen molar-refractivity contribution in [1.29, 1.82) is 0 Å². The SMILES string of the molecule is CCn1cc(Br)c(CN(C)C(=O)Cn2cc([N+](=O)[O-])c(OC)n2)n1. The molecule has 24 heavy (non-hydrogen) atoms. The van der Waals surface area contributed by atoms with Gasteiger partial charge in [0, 0.05) is 19.8 Å². The van der Waals surface area contributed by atoms with Crippen molar-refractivity contribution in [2.75, 3.05) is 14.2 Å². The van der Waals surface area contributed by atoms with Gasteiger partial charge in [0.25, 0.3) is 0 Å². The summed E-state index contributed by atoms with van der Waals surface area (Å²) < 4.78 is 8.61. The first kappa shape index (κ1) is 17.9. The van der Waals surface area contributed by atoms with Crippen molar-refractivity contribution in [3.63, 3.8) is 0 Å². The Kier molecular flexibility index (Phi) is 5.54. The molecule has 0 saturated carbocycles. The van der Waals surface area contributed by atoms with Crippen molar-refractivity contribution in [2.24, 2.45) is 0 Å². The summed E-state index contributed by atoms with van der Waals surface area (Å²) in [7, 11) is 2.92. The van der Waals surface area contributed by atoms with Crippen LogP contribution in [0, 0.1) is 10.1 Å². The zero-order chi connectivity index (χ0) is 17.9. The molecule has 0 atom stereocenters. The highest BCUT2D eigenvalue weighted by molar-refractivity contribution is 9.10. The first-order chi connectivity index (χ1) is 11.3. The van der Waals surface area contributed by atoms with Crippen molar-refractivity contribution < 1.29 is 14.5 Å². The van der Waals surface area contributed by atoms with Crippen molar-refractivity contribution in [1.82, 2.24) is 24.5 Å². The van der Waals surface area contributed by atoms with Crippen LogP contribution in [-0.4, -0.2) is 49.4 Å². The third-order valence-electron chi connectivity index (χ3n) is 3.32. The van der Waals surface area contributed by atoms with Gasteiger partial charge in [-0.3, -0.25) is 24.3 Å². The second-order valence-corrected chi connectivity index (χ2v) is 5.86. The van der Waals surface area contributed by atoms with Crippen LogP contribution in [0.25, 0.3) is 0 Å². The number of hydrogen-bond donors (Lipinski definition) is 0. The van der Waals surface area contributed by atoms with Gasteiger partial charge in [-0.15, -0.1) is 5.10 Å². The number of rotatable bonds is 7. The average molecular weight is 401 g/mol. The summed E-state index contributed by atoms with van der Waals surface area (Å²) in [6.07, 6.45) is 3.02. The summed E-state index contributed by atoms with van der Waals surface area (Å²) in [5, 5.41) is 19.1. The summed E-state index contributed by atoms with van der Waals surface area (Å²) >= 11 is 3.41. The third kappa shape index (κ3) is 3.91. The molecule has 0 aliphatic heterocycles. The molecular formula is C13H17BrN6O4. The van der Waals surface area contributed by atoms with E-state index in [0.29, 0.717) is 6.54 Å². The number of amides is 1. The Morgan fingerprint density at radius 3 is 2.62 bits per heavy atom. The van der Waals surface area contributed by atoms with E-state index in [1.165, 1.54) is 22.9 Å². The molecule has 2 aromatic heterocycles. The Hall–Kier alpha value is -2.43. The Morgan fingerprint density at radius 1 is 1.42 bits per heavy atom. The van der Waals surface area contributed by atoms with Crippen LogP contribution in [0.1, 0.15) is 12.6 Å². The lowest BCUT2D eigenvalue weighted by Crippen LogP contribution is -2.30. The molecule has 2 aromatic rings. The van der Waals surface area contributed by atoms with Gasteiger partial charge in [0.2, 0.25) is 5.91 Å². The molecule has 0 saturated heterocycles. The Balaban J connectivity index is 2.06. The van der Waals surface area contributed by atoms with Crippen LogP contribution < -0.4 is 4.74 Å². The number of likely N-dealkylation sites (N-methyl/N-ethyl adjacent to an activating group) is 1. The van der Waals surface area contributed by atoms with Gasteiger partial charge in [-0.05, 0) is 22.9 Å². The number of aromatic nitrogens is 4. The maximum absolute atomic E-state index is 12.3. The van der Waals surface area contributed by atoms with Gasteiger partial charge in [-0.2, -0.15) is 5.10 Å². The van der Waals surface area contributed by atoms with Crippen LogP contribution in [0.2, 0.25) is 0 Å². The number of nitro groups is 1. The minimum absolute atomic E-state index is 0.125. The van der Waals surface area contributed by atoms with E-state index in [1.54, 1.807) is 11.7 Å². The molecule has 0 aliphatic carbocycles. The van der Waals surface area contributed by atoms with E-state index in [-0.39, 0.29) is 24.0 Å². The smallest absolute Gasteiger partial charge is 0.350 e. The number of carbonyl (C=O) groups is 1. The molecule has 10 nitrogen and oxygen atoms in total. The highest BCUT2D eigenvalue weighted by Crippen LogP contribution is 2.24. The topological polar surface area (TPSA) is 108 Å². The van der Waals surface area contributed by atoms with Crippen molar-refractivity contribution in [3.8, 4) is 5.88 Å². The number of carbonyl (C=O) groups excluding carboxylic acids is 1. The van der Waals surface area contributed by atoms with Gasteiger partial charge >= 0.3 is 11.6 Å². The molecule has 0 N–H and O–H groups in total. The van der Waals surface area contributed by atoms with Crippen LogP contribution in [0.3, 0.4) is 0 Å². The average Bonchev–Trinajstić information content (AvgIpc) is 3.10. The zero-order valence-corrected chi connectivity index (χ0v) is 15.1. The molecule has 11 heteroatoms. The standard InChI is InChI=1S/C13H17BrN6O4/c1-4-18-5-9(14)10(15-18)6-17(2)12(21)8-19-7-11(20(22)23)13(16-19)24-3/h5,7H,4,6,8H2,1-3H3. The number of ether oxygens (including phenoxy) is 1. The van der Waals surface area contributed by atoms with Crippen LogP contribution in [0.15, 0.2) is 16.9 Å². The number of aryl methyl sites for hydroxylation is 1. The van der Waals surface area contributed by atoms with E-state index < -0.39 is 4.92 Å².